The molecule has 1 saturated heterocycles. The topological polar surface area (TPSA) is 87.5 Å². The van der Waals surface area contributed by atoms with Crippen molar-refractivity contribution in [3.63, 3.8) is 0 Å². The van der Waals surface area contributed by atoms with Crippen LogP contribution in [0.3, 0.4) is 0 Å². The van der Waals surface area contributed by atoms with Gasteiger partial charge in [0.15, 0.2) is 0 Å². The number of hydrogen-bond donors (Lipinski definition) is 3. The van der Waals surface area contributed by atoms with Crippen molar-refractivity contribution in [2.24, 2.45) is 11.1 Å². The number of imide groups is 1. The summed E-state index contributed by atoms with van der Waals surface area (Å²) >= 11 is 0. The number of amides is 3. The zero-order chi connectivity index (χ0) is 12.9. The van der Waals surface area contributed by atoms with E-state index in [0.29, 0.717) is 0 Å². The number of carbonyl (C=O) groups is 2. The van der Waals surface area contributed by atoms with Gasteiger partial charge in [0.1, 0.15) is 0 Å². The van der Waals surface area contributed by atoms with Crippen LogP contribution in [0.4, 0.5) is 4.79 Å². The smallest absolute Gasteiger partial charge is 0.318 e. The Balaban J connectivity index is 2.21. The molecule has 4 N–H and O–H groups in total. The van der Waals surface area contributed by atoms with Gasteiger partial charge in [0, 0.05) is 6.54 Å². The number of nitrogens with two attached hydrogens (primary N) is 1. The molecule has 17 heavy (non-hydrogen) atoms. The van der Waals surface area contributed by atoms with Gasteiger partial charge >= 0.3 is 6.03 Å². The first-order valence-corrected chi connectivity index (χ1v) is 5.90. The van der Waals surface area contributed by atoms with Gasteiger partial charge in [-0.1, -0.05) is 6.92 Å². The summed E-state index contributed by atoms with van der Waals surface area (Å²) in [6.07, 6.45) is 2.24. The Bertz CT molecular complexity index is 285. The summed E-state index contributed by atoms with van der Waals surface area (Å²) in [5, 5.41) is 5.11. The molecule has 0 saturated carbocycles. The number of nitrogens with one attached hydrogen (secondary N) is 2. The molecule has 0 spiro atoms. The van der Waals surface area contributed by atoms with Gasteiger partial charge in [-0.05, 0) is 38.4 Å². The molecule has 0 unspecified atom stereocenters. The Morgan fingerprint density at radius 1 is 1.35 bits per heavy atom. The largest absolute Gasteiger partial charge is 0.351 e. The van der Waals surface area contributed by atoms with Crippen LogP contribution in [0.25, 0.3) is 0 Å². The maximum absolute atomic E-state index is 11.2. The molecular formula is C11H22N4O2. The van der Waals surface area contributed by atoms with E-state index >= 15 is 0 Å². The van der Waals surface area contributed by atoms with Gasteiger partial charge in [-0.3, -0.25) is 10.1 Å². The molecule has 1 aliphatic heterocycles. The summed E-state index contributed by atoms with van der Waals surface area (Å²) in [4.78, 5) is 23.9. The Morgan fingerprint density at radius 2 is 1.94 bits per heavy atom. The van der Waals surface area contributed by atoms with Gasteiger partial charge in [-0.2, -0.15) is 0 Å². The molecule has 0 radical (unpaired) electrons. The first-order chi connectivity index (χ1) is 7.91. The Morgan fingerprint density at radius 3 is 2.47 bits per heavy atom. The fraction of sp³-hybridized carbons (Fsp3) is 0.818. The van der Waals surface area contributed by atoms with E-state index in [9.17, 15) is 9.59 Å². The van der Waals surface area contributed by atoms with Crippen LogP contribution < -0.4 is 16.4 Å². The van der Waals surface area contributed by atoms with E-state index in [4.69, 9.17) is 5.73 Å². The van der Waals surface area contributed by atoms with Crippen LogP contribution >= 0.6 is 0 Å². The highest BCUT2D eigenvalue weighted by Gasteiger charge is 2.28. The average Bonchev–Trinajstić information content (AvgIpc) is 2.22. The summed E-state index contributed by atoms with van der Waals surface area (Å²) < 4.78 is 0. The summed E-state index contributed by atoms with van der Waals surface area (Å²) in [6.45, 7) is 5.32. The highest BCUT2D eigenvalue weighted by molar-refractivity contribution is 5.94. The number of piperidine rings is 1. The van der Waals surface area contributed by atoms with Gasteiger partial charge in [-0.25, -0.2) is 4.79 Å². The monoisotopic (exact) mass is 242 g/mol. The lowest BCUT2D eigenvalue weighted by Crippen LogP contribution is -2.45. The number of hydrogen-bond acceptors (Lipinski definition) is 4. The second-order valence-electron chi connectivity index (χ2n) is 5.13. The number of urea groups is 1. The third-order valence-corrected chi connectivity index (χ3v) is 3.29. The molecule has 1 fully saturated rings. The molecule has 6 nitrogen and oxygen atoms in total. The Hall–Kier alpha value is -1.14. The lowest BCUT2D eigenvalue weighted by molar-refractivity contribution is -0.119. The molecular weight excluding hydrogens is 220 g/mol. The predicted molar refractivity (Wildman–Crippen MR) is 65.4 cm³/mol. The number of rotatable bonds is 4. The fourth-order valence-electron chi connectivity index (χ4n) is 1.99. The lowest BCUT2D eigenvalue weighted by atomic mass is 9.80. The molecule has 0 aromatic carbocycles. The van der Waals surface area contributed by atoms with Gasteiger partial charge < -0.3 is 16.0 Å². The summed E-state index contributed by atoms with van der Waals surface area (Å²) in [7, 11) is 2.12. The molecule has 0 aromatic rings. The van der Waals surface area contributed by atoms with Crippen molar-refractivity contribution in [1.29, 1.82) is 0 Å². The Labute approximate surface area is 102 Å². The average molecular weight is 242 g/mol. The SMILES string of the molecule is CN1CCC(C)(CNCC(=O)NC(N)=O)CC1. The first-order valence-electron chi connectivity index (χ1n) is 5.90. The molecule has 6 heteroatoms. The summed E-state index contributed by atoms with van der Waals surface area (Å²) in [5.41, 5.74) is 5.08. The molecule has 1 heterocycles. The van der Waals surface area contributed by atoms with E-state index in [-0.39, 0.29) is 17.9 Å². The predicted octanol–water partition coefficient (Wildman–Crippen LogP) is -0.497. The number of primary amides is 1. The van der Waals surface area contributed by atoms with Gasteiger partial charge in [-0.15, -0.1) is 0 Å². The van der Waals surface area contributed by atoms with Crippen molar-refractivity contribution in [1.82, 2.24) is 15.5 Å². The summed E-state index contributed by atoms with van der Waals surface area (Å²) in [6, 6.07) is -0.803. The highest BCUT2D eigenvalue weighted by atomic mass is 16.2. The third kappa shape index (κ3) is 5.14. The minimum absolute atomic E-state index is 0.133. The van der Waals surface area contributed by atoms with E-state index in [1.807, 2.05) is 5.32 Å². The molecule has 0 bridgehead atoms. The normalized spacial score (nSPS) is 19.9. The molecule has 0 aromatic heterocycles. The second kappa shape index (κ2) is 5.97. The van der Waals surface area contributed by atoms with Crippen LogP contribution in [0.5, 0.6) is 0 Å². The minimum atomic E-state index is -0.803. The van der Waals surface area contributed by atoms with E-state index in [1.165, 1.54) is 0 Å². The molecule has 1 rings (SSSR count). The lowest BCUT2D eigenvalue weighted by Gasteiger charge is -2.38. The third-order valence-electron chi connectivity index (χ3n) is 3.29. The van der Waals surface area contributed by atoms with Crippen molar-refractivity contribution < 1.29 is 9.59 Å². The molecule has 98 valence electrons. The number of carbonyl (C=O) groups excluding carboxylic acids is 2. The van der Waals surface area contributed by atoms with Crippen LogP contribution in [0.2, 0.25) is 0 Å². The maximum atomic E-state index is 11.2. The quantitative estimate of drug-likeness (QED) is 0.620. The molecule has 1 aliphatic rings. The van der Waals surface area contributed by atoms with Crippen molar-refractivity contribution in [3.8, 4) is 0 Å². The van der Waals surface area contributed by atoms with E-state index in [2.05, 4.69) is 24.2 Å². The van der Waals surface area contributed by atoms with Crippen molar-refractivity contribution >= 4 is 11.9 Å². The maximum Gasteiger partial charge on any atom is 0.318 e. The second-order valence-corrected chi connectivity index (χ2v) is 5.13. The first kappa shape index (κ1) is 13.9. The molecule has 0 atom stereocenters. The standard InChI is InChI=1S/C11H22N4O2/c1-11(3-5-15(2)6-4-11)8-13-7-9(16)14-10(12)17/h13H,3-8H2,1-2H3,(H3,12,14,16,17). The van der Waals surface area contributed by atoms with E-state index in [0.717, 1.165) is 32.5 Å². The Kier molecular flexibility index (Phi) is 4.89. The van der Waals surface area contributed by atoms with Crippen LogP contribution in [0.1, 0.15) is 19.8 Å². The van der Waals surface area contributed by atoms with Crippen molar-refractivity contribution in [3.05, 3.63) is 0 Å². The molecule has 0 aliphatic carbocycles. The molecule has 3 amide bonds. The van der Waals surface area contributed by atoms with Crippen LogP contribution in [-0.2, 0) is 4.79 Å². The zero-order valence-electron chi connectivity index (χ0n) is 10.6. The number of nitrogens with zero attached hydrogens (tertiary/aromatic N) is 1. The summed E-state index contributed by atoms with van der Waals surface area (Å²) in [5.74, 6) is -0.381. The van der Waals surface area contributed by atoms with Gasteiger partial charge in [0.05, 0.1) is 6.54 Å². The van der Waals surface area contributed by atoms with Gasteiger partial charge in [0.2, 0.25) is 5.91 Å². The van der Waals surface area contributed by atoms with Crippen LogP contribution in [0.15, 0.2) is 0 Å². The minimum Gasteiger partial charge on any atom is -0.351 e. The highest BCUT2D eigenvalue weighted by Crippen LogP contribution is 2.29. The zero-order valence-corrected chi connectivity index (χ0v) is 10.6. The van der Waals surface area contributed by atoms with Crippen molar-refractivity contribution in [2.45, 2.75) is 19.8 Å². The van der Waals surface area contributed by atoms with E-state index < -0.39 is 6.03 Å². The van der Waals surface area contributed by atoms with Gasteiger partial charge in [0.25, 0.3) is 0 Å². The van der Waals surface area contributed by atoms with Crippen LogP contribution in [-0.4, -0.2) is 50.1 Å². The number of likely N-dealkylation sites (tertiary alicyclic amines) is 1. The fourth-order valence-corrected chi connectivity index (χ4v) is 1.99. The van der Waals surface area contributed by atoms with Crippen LogP contribution in [0, 0.1) is 5.41 Å². The van der Waals surface area contributed by atoms with Crippen molar-refractivity contribution in [2.75, 3.05) is 33.2 Å². The van der Waals surface area contributed by atoms with E-state index in [1.54, 1.807) is 0 Å².